The number of hydrogen-bond acceptors (Lipinski definition) is 2. The second kappa shape index (κ2) is 8.24. The van der Waals surface area contributed by atoms with Gasteiger partial charge in [0.15, 0.2) is 0 Å². The van der Waals surface area contributed by atoms with E-state index in [1.54, 1.807) is 6.07 Å². The van der Waals surface area contributed by atoms with Gasteiger partial charge < -0.3 is 15.7 Å². The average molecular weight is 340 g/mol. The van der Waals surface area contributed by atoms with Crippen LogP contribution in [0.3, 0.4) is 0 Å². The van der Waals surface area contributed by atoms with Gasteiger partial charge >= 0.3 is 6.03 Å². The van der Waals surface area contributed by atoms with E-state index in [0.717, 1.165) is 36.5 Å². The number of carbonyl (C=O) groups is 1. The van der Waals surface area contributed by atoms with E-state index in [0.29, 0.717) is 12.6 Å². The summed E-state index contributed by atoms with van der Waals surface area (Å²) in [5, 5.41) is 18.1. The average Bonchev–Trinajstić information content (AvgIpc) is 2.62. The molecule has 0 atom stereocenters. The third kappa shape index (κ3) is 4.65. The molecule has 0 bridgehead atoms. The lowest BCUT2D eigenvalue weighted by atomic mass is 9.96. The van der Waals surface area contributed by atoms with Crippen molar-refractivity contribution in [3.63, 3.8) is 0 Å². The van der Waals surface area contributed by atoms with E-state index < -0.39 is 0 Å². The number of phenolic OH excluding ortho intramolecular Hbond substituents is 1. The van der Waals surface area contributed by atoms with Crippen LogP contribution in [0, 0.1) is 0 Å². The lowest BCUT2D eigenvalue weighted by Gasteiger charge is -2.22. The first-order chi connectivity index (χ1) is 12.2. The summed E-state index contributed by atoms with van der Waals surface area (Å²) >= 11 is 0. The summed E-state index contributed by atoms with van der Waals surface area (Å²) in [4.78, 5) is 12.1. The van der Waals surface area contributed by atoms with Crippen molar-refractivity contribution in [2.24, 2.45) is 0 Å². The molecule has 3 rings (SSSR count). The number of benzene rings is 2. The largest absolute Gasteiger partial charge is 0.508 e. The van der Waals surface area contributed by atoms with E-state index in [1.165, 1.54) is 30.4 Å². The van der Waals surface area contributed by atoms with Crippen LogP contribution in [0.1, 0.15) is 50.2 Å². The Morgan fingerprint density at radius 2 is 1.96 bits per heavy atom. The van der Waals surface area contributed by atoms with Crippen LogP contribution in [0.4, 0.5) is 4.79 Å². The topological polar surface area (TPSA) is 61.4 Å². The molecule has 0 aliphatic heterocycles. The van der Waals surface area contributed by atoms with Crippen molar-refractivity contribution < 1.29 is 9.90 Å². The molecule has 25 heavy (non-hydrogen) atoms. The minimum absolute atomic E-state index is 0.0642. The van der Waals surface area contributed by atoms with Crippen molar-refractivity contribution in [3.8, 4) is 5.75 Å². The summed E-state index contributed by atoms with van der Waals surface area (Å²) in [6, 6.07) is 10.1. The highest BCUT2D eigenvalue weighted by molar-refractivity contribution is 5.88. The number of aryl methyl sites for hydroxylation is 1. The summed E-state index contributed by atoms with van der Waals surface area (Å²) in [7, 11) is 0. The molecular formula is C21H28N2O2. The summed E-state index contributed by atoms with van der Waals surface area (Å²) in [5.74, 6) is 0.279. The molecule has 1 aliphatic carbocycles. The van der Waals surface area contributed by atoms with Gasteiger partial charge in [0.25, 0.3) is 0 Å². The van der Waals surface area contributed by atoms with Gasteiger partial charge in [-0.25, -0.2) is 4.79 Å². The fraction of sp³-hybridized carbons (Fsp3) is 0.476. The highest BCUT2D eigenvalue weighted by atomic mass is 16.3. The Balaban J connectivity index is 1.62. The molecule has 0 heterocycles. The monoisotopic (exact) mass is 340 g/mol. The minimum atomic E-state index is -0.0642. The van der Waals surface area contributed by atoms with Crippen molar-refractivity contribution in [1.82, 2.24) is 10.6 Å². The lowest BCUT2D eigenvalue weighted by molar-refractivity contribution is 0.233. The summed E-state index contributed by atoms with van der Waals surface area (Å²) < 4.78 is 0. The molecule has 4 nitrogen and oxygen atoms in total. The second-order valence-electron chi connectivity index (χ2n) is 7.00. The van der Waals surface area contributed by atoms with E-state index in [-0.39, 0.29) is 11.8 Å². The predicted molar refractivity (Wildman–Crippen MR) is 102 cm³/mol. The van der Waals surface area contributed by atoms with Gasteiger partial charge in [-0.05, 0) is 59.7 Å². The van der Waals surface area contributed by atoms with Crippen LogP contribution in [-0.4, -0.2) is 23.7 Å². The van der Waals surface area contributed by atoms with Crippen molar-refractivity contribution in [2.45, 2.75) is 57.9 Å². The first-order valence-electron chi connectivity index (χ1n) is 9.44. The molecule has 0 spiro atoms. The normalized spacial score (nSPS) is 15.2. The maximum atomic E-state index is 12.1. The zero-order chi connectivity index (χ0) is 17.6. The van der Waals surface area contributed by atoms with E-state index in [1.807, 2.05) is 12.1 Å². The molecule has 1 fully saturated rings. The van der Waals surface area contributed by atoms with E-state index in [4.69, 9.17) is 0 Å². The van der Waals surface area contributed by atoms with Crippen LogP contribution < -0.4 is 10.6 Å². The van der Waals surface area contributed by atoms with E-state index in [9.17, 15) is 9.90 Å². The lowest BCUT2D eigenvalue weighted by Crippen LogP contribution is -2.43. The van der Waals surface area contributed by atoms with Crippen molar-refractivity contribution in [2.75, 3.05) is 6.54 Å². The Morgan fingerprint density at radius 1 is 1.16 bits per heavy atom. The molecule has 2 aromatic rings. The van der Waals surface area contributed by atoms with Gasteiger partial charge in [0.1, 0.15) is 5.75 Å². The number of hydrogen-bond donors (Lipinski definition) is 3. The Kier molecular flexibility index (Phi) is 5.79. The zero-order valence-corrected chi connectivity index (χ0v) is 15.0. The molecule has 1 aliphatic rings. The number of amides is 2. The highest BCUT2D eigenvalue weighted by Crippen LogP contribution is 2.26. The second-order valence-corrected chi connectivity index (χ2v) is 7.00. The van der Waals surface area contributed by atoms with Crippen LogP contribution in [0.15, 0.2) is 30.3 Å². The third-order valence-corrected chi connectivity index (χ3v) is 5.11. The molecule has 4 heteroatoms. The standard InChI is InChI=1S/C21H28N2O2/c1-2-15-12-16-8-9-19(24)14-20(16)17(13-15)10-11-22-21(25)23-18-6-4-3-5-7-18/h8-9,12-14,18,24H,2-7,10-11H2,1H3,(H2,22,23,25). The fourth-order valence-electron chi connectivity index (χ4n) is 3.70. The molecule has 0 radical (unpaired) electrons. The molecule has 0 aromatic heterocycles. The summed E-state index contributed by atoms with van der Waals surface area (Å²) in [6.45, 7) is 2.73. The number of rotatable bonds is 5. The molecule has 134 valence electrons. The Hall–Kier alpha value is -2.23. The number of urea groups is 1. The first kappa shape index (κ1) is 17.6. The summed E-state index contributed by atoms with van der Waals surface area (Å²) in [6.07, 6.45) is 7.62. The molecule has 2 aromatic carbocycles. The van der Waals surface area contributed by atoms with Gasteiger partial charge in [0.2, 0.25) is 0 Å². The quantitative estimate of drug-likeness (QED) is 0.761. The van der Waals surface area contributed by atoms with Crippen LogP contribution in [-0.2, 0) is 12.8 Å². The predicted octanol–water partition coefficient (Wildman–Crippen LogP) is 4.28. The van der Waals surface area contributed by atoms with Crippen molar-refractivity contribution >= 4 is 16.8 Å². The fourth-order valence-corrected chi connectivity index (χ4v) is 3.70. The summed E-state index contributed by atoms with van der Waals surface area (Å²) in [5.41, 5.74) is 2.45. The van der Waals surface area contributed by atoms with Gasteiger partial charge in [0, 0.05) is 12.6 Å². The van der Waals surface area contributed by atoms with Gasteiger partial charge in [-0.3, -0.25) is 0 Å². The van der Waals surface area contributed by atoms with E-state index >= 15 is 0 Å². The van der Waals surface area contributed by atoms with Gasteiger partial charge in [-0.1, -0.05) is 44.4 Å². The Morgan fingerprint density at radius 3 is 2.72 bits per heavy atom. The molecule has 1 saturated carbocycles. The third-order valence-electron chi connectivity index (χ3n) is 5.11. The van der Waals surface area contributed by atoms with Crippen LogP contribution in [0.5, 0.6) is 5.75 Å². The SMILES string of the molecule is CCc1cc(CCNC(=O)NC2CCCCC2)c2cc(O)ccc2c1. The molecule has 2 amide bonds. The highest BCUT2D eigenvalue weighted by Gasteiger charge is 2.15. The zero-order valence-electron chi connectivity index (χ0n) is 15.0. The number of nitrogens with one attached hydrogen (secondary N) is 2. The Labute approximate surface area is 149 Å². The van der Waals surface area contributed by atoms with Gasteiger partial charge in [-0.2, -0.15) is 0 Å². The number of aromatic hydroxyl groups is 1. The molecule has 0 unspecified atom stereocenters. The maximum absolute atomic E-state index is 12.1. The van der Waals surface area contributed by atoms with Crippen molar-refractivity contribution in [1.29, 1.82) is 0 Å². The van der Waals surface area contributed by atoms with Crippen LogP contribution in [0.2, 0.25) is 0 Å². The molecular weight excluding hydrogens is 312 g/mol. The van der Waals surface area contributed by atoms with Gasteiger partial charge in [0.05, 0.1) is 0 Å². The molecule has 3 N–H and O–H groups in total. The van der Waals surface area contributed by atoms with E-state index in [2.05, 4.69) is 29.7 Å². The number of phenols is 1. The smallest absolute Gasteiger partial charge is 0.315 e. The molecule has 0 saturated heterocycles. The first-order valence-corrected chi connectivity index (χ1v) is 9.44. The van der Waals surface area contributed by atoms with Crippen molar-refractivity contribution in [3.05, 3.63) is 41.5 Å². The van der Waals surface area contributed by atoms with Gasteiger partial charge in [-0.15, -0.1) is 0 Å². The van der Waals surface area contributed by atoms with Crippen LogP contribution >= 0.6 is 0 Å². The maximum Gasteiger partial charge on any atom is 0.315 e. The minimum Gasteiger partial charge on any atom is -0.508 e. The number of fused-ring (bicyclic) bond motifs is 1. The number of carbonyl (C=O) groups excluding carboxylic acids is 1. The van der Waals surface area contributed by atoms with Crippen LogP contribution in [0.25, 0.3) is 10.8 Å². The Bertz CT molecular complexity index is 736.